The summed E-state index contributed by atoms with van der Waals surface area (Å²) in [5.41, 5.74) is 14.3. The Morgan fingerprint density at radius 3 is 1.92 bits per heavy atom. The summed E-state index contributed by atoms with van der Waals surface area (Å²) in [6.45, 7) is 12.5. The van der Waals surface area contributed by atoms with Crippen molar-refractivity contribution in [2.24, 2.45) is 0 Å². The first-order valence-electron chi connectivity index (χ1n) is 23.1. The molecule has 0 bridgehead atoms. The van der Waals surface area contributed by atoms with Crippen LogP contribution in [-0.4, -0.2) is 25.1 Å². The molecule has 10 aromatic rings. The minimum absolute atomic E-state index is 0.438. The van der Waals surface area contributed by atoms with Gasteiger partial charge in [-0.3, -0.25) is 10.1 Å². The summed E-state index contributed by atoms with van der Waals surface area (Å²) in [4.78, 5) is 12.6. The van der Waals surface area contributed by atoms with Crippen LogP contribution in [0.15, 0.2) is 218 Å². The van der Waals surface area contributed by atoms with Crippen molar-refractivity contribution >= 4 is 38.2 Å². The van der Waals surface area contributed by atoms with Gasteiger partial charge in [0, 0.05) is 45.3 Å². The van der Waals surface area contributed by atoms with Crippen molar-refractivity contribution in [2.45, 2.75) is 53.4 Å². The second-order valence-electron chi connectivity index (χ2n) is 15.9. The molecule has 1 unspecified atom stereocenters. The molecule has 1 aliphatic rings. The second kappa shape index (κ2) is 20.7. The third-order valence-electron chi connectivity index (χ3n) is 12.2. The summed E-state index contributed by atoms with van der Waals surface area (Å²) in [6, 6.07) is 62.1. The maximum Gasteiger partial charge on any atom is 0.181 e. The molecular formula is C61H57N5. The Bertz CT molecular complexity index is 3170. The Kier molecular flexibility index (Phi) is 14.0. The number of hydrogen-bond acceptors (Lipinski definition) is 3. The summed E-state index contributed by atoms with van der Waals surface area (Å²) in [5, 5.41) is 12.3. The monoisotopic (exact) mass is 859 g/mol. The van der Waals surface area contributed by atoms with Gasteiger partial charge >= 0.3 is 0 Å². The largest absolute Gasteiger partial charge is 0.354 e. The molecule has 11 rings (SSSR count). The van der Waals surface area contributed by atoms with E-state index in [-0.39, 0.29) is 0 Å². The highest BCUT2D eigenvalue weighted by Gasteiger charge is 2.46. The second-order valence-corrected chi connectivity index (χ2v) is 15.9. The van der Waals surface area contributed by atoms with Gasteiger partial charge in [0.2, 0.25) is 0 Å². The van der Waals surface area contributed by atoms with Crippen LogP contribution in [0, 0.1) is 0 Å². The molecule has 0 saturated carbocycles. The van der Waals surface area contributed by atoms with Crippen molar-refractivity contribution in [2.75, 3.05) is 0 Å². The molecule has 1 aliphatic carbocycles. The predicted octanol–water partition coefficient (Wildman–Crippen LogP) is 16.4. The summed E-state index contributed by atoms with van der Waals surface area (Å²) < 4.78 is 0. The SMILES string of the molecule is C/C=C\C.CC.CC/C=C\C1=C(C)c2c(-c3ccc4[nH]c5ccc6ccccc6c5c4c3)cccc2C1(c1ccccc1)c1ccncc1.c1ccc(-c2n[nH]c(-c3ccccc3)n2)cc1. The van der Waals surface area contributed by atoms with Crippen molar-refractivity contribution in [1.82, 2.24) is 25.1 Å². The fourth-order valence-corrected chi connectivity index (χ4v) is 9.18. The van der Waals surface area contributed by atoms with Gasteiger partial charge in [0.05, 0.1) is 5.41 Å². The molecule has 0 saturated heterocycles. The van der Waals surface area contributed by atoms with E-state index >= 15 is 0 Å². The van der Waals surface area contributed by atoms with E-state index in [1.165, 1.54) is 71.6 Å². The van der Waals surface area contributed by atoms with Gasteiger partial charge in [-0.15, -0.1) is 0 Å². The Morgan fingerprint density at radius 1 is 0.591 bits per heavy atom. The van der Waals surface area contributed by atoms with E-state index in [1.807, 2.05) is 113 Å². The van der Waals surface area contributed by atoms with Crippen LogP contribution in [0.3, 0.4) is 0 Å². The predicted molar refractivity (Wildman–Crippen MR) is 280 cm³/mol. The summed E-state index contributed by atoms with van der Waals surface area (Å²) in [5.74, 6) is 1.52. The molecule has 0 radical (unpaired) electrons. The zero-order valence-corrected chi connectivity index (χ0v) is 38.8. The molecule has 3 aromatic heterocycles. The number of aromatic nitrogens is 5. The maximum atomic E-state index is 4.48. The van der Waals surface area contributed by atoms with Gasteiger partial charge < -0.3 is 4.98 Å². The Labute approximate surface area is 389 Å². The molecule has 5 nitrogen and oxygen atoms in total. The first-order valence-corrected chi connectivity index (χ1v) is 23.1. The van der Waals surface area contributed by atoms with Crippen LogP contribution in [0.4, 0.5) is 0 Å². The third-order valence-corrected chi connectivity index (χ3v) is 12.2. The molecule has 0 fully saturated rings. The Morgan fingerprint density at radius 2 is 1.23 bits per heavy atom. The minimum Gasteiger partial charge on any atom is -0.354 e. The summed E-state index contributed by atoms with van der Waals surface area (Å²) in [7, 11) is 0. The number of hydrogen-bond donors (Lipinski definition) is 2. The highest BCUT2D eigenvalue weighted by atomic mass is 15.2. The number of nitrogens with zero attached hydrogens (tertiary/aromatic N) is 3. The molecule has 66 heavy (non-hydrogen) atoms. The van der Waals surface area contributed by atoms with Crippen LogP contribution in [0.25, 0.3) is 72.1 Å². The zero-order chi connectivity index (χ0) is 45.9. The van der Waals surface area contributed by atoms with Gasteiger partial charge in [-0.05, 0) is 113 Å². The van der Waals surface area contributed by atoms with Gasteiger partial charge in [0.15, 0.2) is 11.6 Å². The van der Waals surface area contributed by atoms with Crippen LogP contribution >= 0.6 is 0 Å². The van der Waals surface area contributed by atoms with Gasteiger partial charge in [0.25, 0.3) is 0 Å². The third kappa shape index (κ3) is 8.56. The molecule has 0 spiro atoms. The Balaban J connectivity index is 0.000000213. The molecule has 326 valence electrons. The summed E-state index contributed by atoms with van der Waals surface area (Å²) >= 11 is 0. The van der Waals surface area contributed by atoms with Crippen molar-refractivity contribution in [3.8, 4) is 33.9 Å². The van der Waals surface area contributed by atoms with Gasteiger partial charge in [0.1, 0.15) is 0 Å². The fraction of sp³-hybridized carbons (Fsp3) is 0.131. The lowest BCUT2D eigenvalue weighted by Crippen LogP contribution is -2.29. The molecule has 3 heterocycles. The lowest BCUT2D eigenvalue weighted by atomic mass is 9.66. The smallest absolute Gasteiger partial charge is 0.181 e. The zero-order valence-electron chi connectivity index (χ0n) is 38.8. The van der Waals surface area contributed by atoms with Crippen LogP contribution in [0.2, 0.25) is 0 Å². The standard InChI is InChI=1S/C41H32N2.C14H11N3.C4H8.C2H6/c1-3-4-16-35-27(2)39-33(15-10-17-36(39)41(35,30-12-6-5-7-13-30)31-22-24-42-25-23-31)29-19-20-37-34(26-29)40-32-14-9-8-11-28(32)18-21-38(40)43-37;1-3-7-11(8-4-1)13-15-14(17-16-13)12-9-5-2-6-10-12;1-3-4-2;1-2/h4-26,43H,3H2,1-2H3;1-10H,(H,15,16,17);3-4H,1-2H3;1-2H3/b16-4-;;4-3-;. The lowest BCUT2D eigenvalue weighted by Gasteiger charge is -2.35. The molecule has 0 amide bonds. The molecule has 7 aromatic carbocycles. The average molecular weight is 860 g/mol. The number of benzene rings is 7. The first-order chi connectivity index (χ1) is 32.6. The lowest BCUT2D eigenvalue weighted by molar-refractivity contribution is 0.758. The fourth-order valence-electron chi connectivity index (χ4n) is 9.18. The number of allylic oxidation sites excluding steroid dienone is 6. The van der Waals surface area contributed by atoms with Gasteiger partial charge in [-0.2, -0.15) is 5.10 Å². The molecule has 0 aliphatic heterocycles. The topological polar surface area (TPSA) is 70.2 Å². The number of aromatic amines is 2. The van der Waals surface area contributed by atoms with Gasteiger partial charge in [-0.1, -0.05) is 191 Å². The number of H-pyrrole nitrogens is 2. The first kappa shape index (κ1) is 44.7. The molecule has 2 N–H and O–H groups in total. The number of fused-ring (bicyclic) bond motifs is 6. The summed E-state index contributed by atoms with van der Waals surface area (Å²) in [6.07, 6.45) is 13.5. The van der Waals surface area contributed by atoms with Crippen LogP contribution in [0.5, 0.6) is 0 Å². The van der Waals surface area contributed by atoms with E-state index in [1.54, 1.807) is 0 Å². The normalized spacial score (nSPS) is 14.2. The van der Waals surface area contributed by atoms with Crippen molar-refractivity contribution in [1.29, 1.82) is 0 Å². The molecule has 5 heteroatoms. The van der Waals surface area contributed by atoms with E-state index < -0.39 is 5.41 Å². The quantitative estimate of drug-likeness (QED) is 0.157. The molecular weight excluding hydrogens is 803 g/mol. The Hall–Kier alpha value is -7.89. The number of rotatable bonds is 7. The van der Waals surface area contributed by atoms with E-state index in [0.29, 0.717) is 0 Å². The van der Waals surface area contributed by atoms with Crippen LogP contribution < -0.4 is 0 Å². The average Bonchev–Trinajstić information content (AvgIpc) is 4.11. The number of pyridine rings is 1. The van der Waals surface area contributed by atoms with Crippen molar-refractivity contribution < 1.29 is 0 Å². The molecule has 1 atom stereocenters. The van der Waals surface area contributed by atoms with E-state index in [4.69, 9.17) is 0 Å². The van der Waals surface area contributed by atoms with Gasteiger partial charge in [-0.25, -0.2) is 4.98 Å². The van der Waals surface area contributed by atoms with E-state index in [0.717, 1.165) is 34.7 Å². The van der Waals surface area contributed by atoms with Crippen LogP contribution in [-0.2, 0) is 5.41 Å². The maximum absolute atomic E-state index is 4.48. The highest BCUT2D eigenvalue weighted by molar-refractivity contribution is 6.20. The minimum atomic E-state index is -0.438. The van der Waals surface area contributed by atoms with Crippen molar-refractivity contribution in [3.63, 3.8) is 0 Å². The van der Waals surface area contributed by atoms with Crippen LogP contribution in [0.1, 0.15) is 70.2 Å². The van der Waals surface area contributed by atoms with E-state index in [2.05, 4.69) is 166 Å². The van der Waals surface area contributed by atoms with Crippen molar-refractivity contribution in [3.05, 3.63) is 240 Å². The van der Waals surface area contributed by atoms with E-state index in [9.17, 15) is 0 Å². The number of nitrogens with one attached hydrogen (secondary N) is 2. The highest BCUT2D eigenvalue weighted by Crippen LogP contribution is 2.57.